The van der Waals surface area contributed by atoms with Crippen molar-refractivity contribution in [2.45, 2.75) is 6.42 Å². The number of esters is 1. The fourth-order valence-corrected chi connectivity index (χ4v) is 2.95. The van der Waals surface area contributed by atoms with E-state index in [0.717, 1.165) is 15.8 Å². The number of amides is 1. The molecule has 3 aromatic rings. The van der Waals surface area contributed by atoms with Gasteiger partial charge in [-0.25, -0.2) is 4.79 Å². The summed E-state index contributed by atoms with van der Waals surface area (Å²) in [5, 5.41) is 2.77. The molecule has 0 aliphatic carbocycles. The third-order valence-electron chi connectivity index (χ3n) is 3.93. The average molecular weight is 440 g/mol. The van der Waals surface area contributed by atoms with Crippen LogP contribution in [-0.4, -0.2) is 19.0 Å². The molecule has 0 radical (unpaired) electrons. The van der Waals surface area contributed by atoms with E-state index in [1.165, 1.54) is 7.11 Å². The van der Waals surface area contributed by atoms with Crippen LogP contribution in [0.4, 0.5) is 5.69 Å². The Morgan fingerprint density at radius 3 is 2.29 bits per heavy atom. The lowest BCUT2D eigenvalue weighted by Crippen LogP contribution is -2.17. The topological polar surface area (TPSA) is 64.6 Å². The molecule has 0 saturated carbocycles. The molecule has 0 atom stereocenters. The molecule has 0 fully saturated rings. The van der Waals surface area contributed by atoms with Crippen molar-refractivity contribution >= 4 is 33.5 Å². The van der Waals surface area contributed by atoms with Crippen molar-refractivity contribution in [1.82, 2.24) is 0 Å². The lowest BCUT2D eigenvalue weighted by atomic mass is 10.1. The molecule has 142 valence electrons. The number of anilines is 1. The van der Waals surface area contributed by atoms with E-state index in [0.29, 0.717) is 17.0 Å². The largest absolute Gasteiger partial charge is 0.465 e. The number of carbonyl (C=O) groups excluding carboxylic acids is 2. The normalized spacial score (nSPS) is 10.2. The van der Waals surface area contributed by atoms with Gasteiger partial charge in [0.15, 0.2) is 0 Å². The monoisotopic (exact) mass is 439 g/mol. The van der Waals surface area contributed by atoms with E-state index in [2.05, 4.69) is 21.2 Å². The van der Waals surface area contributed by atoms with Crippen LogP contribution in [-0.2, 0) is 16.0 Å². The summed E-state index contributed by atoms with van der Waals surface area (Å²) >= 11 is 3.34. The fourth-order valence-electron chi connectivity index (χ4n) is 2.59. The van der Waals surface area contributed by atoms with Crippen LogP contribution in [0.2, 0.25) is 0 Å². The second-order valence-electron chi connectivity index (χ2n) is 5.97. The second-order valence-corrected chi connectivity index (χ2v) is 6.88. The number of methoxy groups -OCH3 is 1. The average Bonchev–Trinajstić information content (AvgIpc) is 2.70. The third kappa shape index (κ3) is 5.20. The molecule has 0 spiro atoms. The van der Waals surface area contributed by atoms with E-state index in [-0.39, 0.29) is 12.3 Å². The van der Waals surface area contributed by atoms with E-state index in [4.69, 9.17) is 9.47 Å². The number of hydrogen-bond donors (Lipinski definition) is 1. The van der Waals surface area contributed by atoms with Crippen LogP contribution in [0.15, 0.2) is 77.3 Å². The number of benzene rings is 3. The zero-order valence-electron chi connectivity index (χ0n) is 15.1. The Morgan fingerprint density at radius 2 is 1.61 bits per heavy atom. The number of hydrogen-bond acceptors (Lipinski definition) is 4. The Bertz CT molecular complexity index is 972. The number of rotatable bonds is 6. The van der Waals surface area contributed by atoms with Crippen molar-refractivity contribution in [2.24, 2.45) is 0 Å². The molecule has 0 bridgehead atoms. The predicted octanol–water partition coefficient (Wildman–Crippen LogP) is 5.21. The van der Waals surface area contributed by atoms with Crippen molar-refractivity contribution in [1.29, 1.82) is 0 Å². The van der Waals surface area contributed by atoms with Crippen LogP contribution < -0.4 is 10.1 Å². The van der Waals surface area contributed by atoms with Crippen molar-refractivity contribution in [3.8, 4) is 11.5 Å². The molecule has 6 heteroatoms. The minimum atomic E-state index is -0.509. The fraction of sp³-hybridized carbons (Fsp3) is 0.0909. The van der Waals surface area contributed by atoms with Gasteiger partial charge in [0.1, 0.15) is 11.5 Å². The molecule has 3 aromatic carbocycles. The smallest absolute Gasteiger partial charge is 0.339 e. The summed E-state index contributed by atoms with van der Waals surface area (Å²) in [5.74, 6) is 0.693. The molecule has 1 amide bonds. The summed E-state index contributed by atoms with van der Waals surface area (Å²) < 4.78 is 11.3. The molecule has 0 aliphatic rings. The Kier molecular flexibility index (Phi) is 6.45. The lowest BCUT2D eigenvalue weighted by molar-refractivity contribution is -0.115. The Morgan fingerprint density at radius 1 is 0.929 bits per heavy atom. The summed E-state index contributed by atoms with van der Waals surface area (Å²) in [7, 11) is 1.30. The number of para-hydroxylation sites is 1. The van der Waals surface area contributed by atoms with Crippen molar-refractivity contribution < 1.29 is 19.1 Å². The molecule has 5 nitrogen and oxygen atoms in total. The van der Waals surface area contributed by atoms with Crippen LogP contribution in [0.3, 0.4) is 0 Å². The predicted molar refractivity (Wildman–Crippen MR) is 111 cm³/mol. The van der Waals surface area contributed by atoms with Crippen LogP contribution in [0, 0.1) is 0 Å². The lowest BCUT2D eigenvalue weighted by Gasteiger charge is -2.11. The summed E-state index contributed by atoms with van der Waals surface area (Å²) in [6.45, 7) is 0. The van der Waals surface area contributed by atoms with Crippen LogP contribution in [0.1, 0.15) is 15.9 Å². The van der Waals surface area contributed by atoms with Crippen LogP contribution in [0.25, 0.3) is 0 Å². The van der Waals surface area contributed by atoms with Gasteiger partial charge in [0, 0.05) is 4.47 Å². The maximum absolute atomic E-state index is 12.4. The minimum Gasteiger partial charge on any atom is -0.465 e. The van der Waals surface area contributed by atoms with E-state index in [9.17, 15) is 9.59 Å². The molecule has 0 saturated heterocycles. The van der Waals surface area contributed by atoms with Gasteiger partial charge in [0.05, 0.1) is 24.8 Å². The van der Waals surface area contributed by atoms with Gasteiger partial charge < -0.3 is 14.8 Å². The molecule has 3 rings (SSSR count). The minimum absolute atomic E-state index is 0.165. The van der Waals surface area contributed by atoms with Crippen LogP contribution >= 0.6 is 15.9 Å². The third-order valence-corrected chi connectivity index (χ3v) is 4.42. The van der Waals surface area contributed by atoms with Gasteiger partial charge in [0.25, 0.3) is 0 Å². The van der Waals surface area contributed by atoms with E-state index in [1.807, 2.05) is 54.6 Å². The molecule has 1 N–H and O–H groups in total. The Balaban J connectivity index is 1.65. The zero-order valence-corrected chi connectivity index (χ0v) is 16.7. The number of halogens is 1. The van der Waals surface area contributed by atoms with Gasteiger partial charge in [-0.05, 0) is 48.0 Å². The van der Waals surface area contributed by atoms with Gasteiger partial charge in [-0.3, -0.25) is 4.79 Å². The van der Waals surface area contributed by atoms with Gasteiger partial charge >= 0.3 is 5.97 Å². The quantitative estimate of drug-likeness (QED) is 0.535. The maximum Gasteiger partial charge on any atom is 0.339 e. The van der Waals surface area contributed by atoms with Crippen molar-refractivity contribution in [3.63, 3.8) is 0 Å². The molecule has 0 unspecified atom stereocenters. The van der Waals surface area contributed by atoms with Crippen molar-refractivity contribution in [3.05, 3.63) is 88.4 Å². The SMILES string of the molecule is COC(=O)c1ccc(Br)cc1NC(=O)Cc1ccc(Oc2ccccc2)cc1. The first-order valence-corrected chi connectivity index (χ1v) is 9.34. The van der Waals surface area contributed by atoms with Gasteiger partial charge in [0.2, 0.25) is 5.91 Å². The molecular weight excluding hydrogens is 422 g/mol. The van der Waals surface area contributed by atoms with E-state index >= 15 is 0 Å². The summed E-state index contributed by atoms with van der Waals surface area (Å²) in [5.41, 5.74) is 1.52. The highest BCUT2D eigenvalue weighted by molar-refractivity contribution is 9.10. The number of nitrogens with one attached hydrogen (secondary N) is 1. The molecule has 28 heavy (non-hydrogen) atoms. The van der Waals surface area contributed by atoms with Gasteiger partial charge in [-0.1, -0.05) is 46.3 Å². The molecule has 0 aliphatic heterocycles. The molecule has 0 aromatic heterocycles. The van der Waals surface area contributed by atoms with Gasteiger partial charge in [-0.15, -0.1) is 0 Å². The highest BCUT2D eigenvalue weighted by atomic mass is 79.9. The van der Waals surface area contributed by atoms with Gasteiger partial charge in [-0.2, -0.15) is 0 Å². The number of ether oxygens (including phenoxy) is 2. The number of carbonyl (C=O) groups is 2. The van der Waals surface area contributed by atoms with E-state index in [1.54, 1.807) is 18.2 Å². The highest BCUT2D eigenvalue weighted by Crippen LogP contribution is 2.24. The summed E-state index contributed by atoms with van der Waals surface area (Å²) in [6.07, 6.45) is 0.165. The second kappa shape index (κ2) is 9.19. The Labute approximate surface area is 171 Å². The first kappa shape index (κ1) is 19.6. The zero-order chi connectivity index (χ0) is 19.9. The Hall–Kier alpha value is -3.12. The first-order chi connectivity index (χ1) is 13.5. The maximum atomic E-state index is 12.4. The standard InChI is InChI=1S/C22H18BrNO4/c1-27-22(26)19-12-9-16(23)14-20(19)24-21(25)13-15-7-10-18(11-8-15)28-17-5-3-2-4-6-17/h2-12,14H,13H2,1H3,(H,24,25). The summed E-state index contributed by atoms with van der Waals surface area (Å²) in [6, 6.07) is 21.7. The summed E-state index contributed by atoms with van der Waals surface area (Å²) in [4.78, 5) is 24.3. The molecule has 0 heterocycles. The first-order valence-electron chi connectivity index (χ1n) is 8.55. The van der Waals surface area contributed by atoms with E-state index < -0.39 is 5.97 Å². The van der Waals surface area contributed by atoms with Crippen LogP contribution in [0.5, 0.6) is 11.5 Å². The molecular formula is C22H18BrNO4. The van der Waals surface area contributed by atoms with Crippen molar-refractivity contribution in [2.75, 3.05) is 12.4 Å². The highest BCUT2D eigenvalue weighted by Gasteiger charge is 2.14.